The van der Waals surface area contributed by atoms with Gasteiger partial charge >= 0.3 is 0 Å². The lowest BCUT2D eigenvalue weighted by Crippen LogP contribution is -2.15. The van der Waals surface area contributed by atoms with Crippen LogP contribution >= 0.6 is 0 Å². The minimum absolute atomic E-state index is 0.690. The first-order chi connectivity index (χ1) is 6.38. The Bertz CT molecular complexity index is 284. The molecule has 3 heteroatoms. The minimum Gasteiger partial charge on any atom is -0.481 e. The van der Waals surface area contributed by atoms with Crippen LogP contribution in [-0.2, 0) is 6.54 Å². The number of rotatable bonds is 4. The average molecular weight is 178 g/mol. The van der Waals surface area contributed by atoms with Gasteiger partial charge in [-0.3, -0.25) is 0 Å². The third-order valence-corrected chi connectivity index (χ3v) is 2.18. The Morgan fingerprint density at radius 3 is 3.15 bits per heavy atom. The van der Waals surface area contributed by atoms with Crippen LogP contribution in [-0.4, -0.2) is 18.1 Å². The van der Waals surface area contributed by atoms with Crippen molar-refractivity contribution < 1.29 is 4.74 Å². The zero-order valence-electron chi connectivity index (χ0n) is 7.79. The van der Waals surface area contributed by atoms with E-state index in [2.05, 4.69) is 10.3 Å². The Morgan fingerprint density at radius 2 is 2.46 bits per heavy atom. The SMILES string of the molecule is COc1cc(CNC2CC2)ccn1. The molecule has 2 rings (SSSR count). The summed E-state index contributed by atoms with van der Waals surface area (Å²) in [6, 6.07) is 4.73. The lowest BCUT2D eigenvalue weighted by molar-refractivity contribution is 0.397. The molecule has 1 saturated carbocycles. The fraction of sp³-hybridized carbons (Fsp3) is 0.500. The number of methoxy groups -OCH3 is 1. The van der Waals surface area contributed by atoms with Crippen LogP contribution in [0.25, 0.3) is 0 Å². The summed E-state index contributed by atoms with van der Waals surface area (Å²) in [5.74, 6) is 0.690. The summed E-state index contributed by atoms with van der Waals surface area (Å²) in [5, 5.41) is 3.44. The van der Waals surface area contributed by atoms with Crippen molar-refractivity contribution in [3.05, 3.63) is 23.9 Å². The molecule has 13 heavy (non-hydrogen) atoms. The molecule has 0 amide bonds. The van der Waals surface area contributed by atoms with Crippen molar-refractivity contribution in [3.8, 4) is 5.88 Å². The molecule has 1 N–H and O–H groups in total. The van der Waals surface area contributed by atoms with Gasteiger partial charge in [0, 0.05) is 24.8 Å². The van der Waals surface area contributed by atoms with Crippen LogP contribution in [0.5, 0.6) is 5.88 Å². The van der Waals surface area contributed by atoms with Crippen LogP contribution in [0.2, 0.25) is 0 Å². The van der Waals surface area contributed by atoms with E-state index in [1.54, 1.807) is 13.3 Å². The summed E-state index contributed by atoms with van der Waals surface area (Å²) in [6.45, 7) is 0.920. The highest BCUT2D eigenvalue weighted by Gasteiger charge is 2.19. The maximum atomic E-state index is 5.04. The second-order valence-electron chi connectivity index (χ2n) is 3.36. The zero-order chi connectivity index (χ0) is 9.10. The summed E-state index contributed by atoms with van der Waals surface area (Å²) >= 11 is 0. The Kier molecular flexibility index (Phi) is 2.45. The maximum absolute atomic E-state index is 5.04. The monoisotopic (exact) mass is 178 g/mol. The molecule has 0 saturated heterocycles. The Labute approximate surface area is 78.1 Å². The normalized spacial score (nSPS) is 15.8. The van der Waals surface area contributed by atoms with Gasteiger partial charge in [-0.1, -0.05) is 0 Å². The molecule has 3 nitrogen and oxygen atoms in total. The van der Waals surface area contributed by atoms with Crippen LogP contribution in [0.15, 0.2) is 18.3 Å². The van der Waals surface area contributed by atoms with E-state index in [4.69, 9.17) is 4.74 Å². The fourth-order valence-electron chi connectivity index (χ4n) is 1.22. The number of hydrogen-bond acceptors (Lipinski definition) is 3. The van der Waals surface area contributed by atoms with E-state index in [0.717, 1.165) is 12.6 Å². The van der Waals surface area contributed by atoms with E-state index in [1.165, 1.54) is 18.4 Å². The van der Waals surface area contributed by atoms with Gasteiger partial charge in [-0.2, -0.15) is 0 Å². The van der Waals surface area contributed by atoms with Gasteiger partial charge < -0.3 is 10.1 Å². The van der Waals surface area contributed by atoms with Gasteiger partial charge in [-0.25, -0.2) is 4.98 Å². The van der Waals surface area contributed by atoms with Gasteiger partial charge in [-0.15, -0.1) is 0 Å². The number of nitrogens with zero attached hydrogens (tertiary/aromatic N) is 1. The number of hydrogen-bond donors (Lipinski definition) is 1. The van der Waals surface area contributed by atoms with E-state index in [-0.39, 0.29) is 0 Å². The molecule has 1 aromatic rings. The molecule has 0 bridgehead atoms. The highest BCUT2D eigenvalue weighted by atomic mass is 16.5. The topological polar surface area (TPSA) is 34.1 Å². The van der Waals surface area contributed by atoms with Crippen molar-refractivity contribution in [1.82, 2.24) is 10.3 Å². The first kappa shape index (κ1) is 8.51. The highest BCUT2D eigenvalue weighted by Crippen LogP contribution is 2.19. The van der Waals surface area contributed by atoms with Crippen molar-refractivity contribution in [1.29, 1.82) is 0 Å². The van der Waals surface area contributed by atoms with E-state index in [0.29, 0.717) is 5.88 Å². The quantitative estimate of drug-likeness (QED) is 0.755. The summed E-state index contributed by atoms with van der Waals surface area (Å²) in [6.07, 6.45) is 4.42. The van der Waals surface area contributed by atoms with Gasteiger partial charge in [-0.05, 0) is 24.5 Å². The van der Waals surface area contributed by atoms with Crippen molar-refractivity contribution in [3.63, 3.8) is 0 Å². The first-order valence-corrected chi connectivity index (χ1v) is 4.61. The third-order valence-electron chi connectivity index (χ3n) is 2.18. The molecule has 0 aliphatic heterocycles. The summed E-state index contributed by atoms with van der Waals surface area (Å²) in [5.41, 5.74) is 1.23. The molecular weight excluding hydrogens is 164 g/mol. The van der Waals surface area contributed by atoms with Crippen molar-refractivity contribution >= 4 is 0 Å². The van der Waals surface area contributed by atoms with Gasteiger partial charge in [0.1, 0.15) is 0 Å². The number of pyridine rings is 1. The molecule has 70 valence electrons. The van der Waals surface area contributed by atoms with E-state index in [9.17, 15) is 0 Å². The smallest absolute Gasteiger partial charge is 0.213 e. The number of aromatic nitrogens is 1. The molecule has 0 unspecified atom stereocenters. The molecule has 1 heterocycles. The van der Waals surface area contributed by atoms with E-state index >= 15 is 0 Å². The average Bonchev–Trinajstić information content (AvgIpc) is 2.99. The van der Waals surface area contributed by atoms with E-state index < -0.39 is 0 Å². The number of ether oxygens (including phenoxy) is 1. The summed E-state index contributed by atoms with van der Waals surface area (Å²) < 4.78 is 5.04. The molecule has 1 fully saturated rings. The molecule has 1 aromatic heterocycles. The standard InChI is InChI=1S/C10H14N2O/c1-13-10-6-8(4-5-11-10)7-12-9-2-3-9/h4-6,9,12H,2-3,7H2,1H3. The van der Waals surface area contributed by atoms with Gasteiger partial charge in [0.2, 0.25) is 5.88 Å². The molecule has 0 spiro atoms. The second-order valence-corrected chi connectivity index (χ2v) is 3.36. The van der Waals surface area contributed by atoms with Crippen LogP contribution in [0.4, 0.5) is 0 Å². The molecule has 0 aromatic carbocycles. The molecule has 0 radical (unpaired) electrons. The first-order valence-electron chi connectivity index (χ1n) is 4.61. The second kappa shape index (κ2) is 3.75. The molecule has 0 atom stereocenters. The Morgan fingerprint density at radius 1 is 1.62 bits per heavy atom. The van der Waals surface area contributed by atoms with Crippen molar-refractivity contribution in [2.24, 2.45) is 0 Å². The van der Waals surface area contributed by atoms with Crippen LogP contribution < -0.4 is 10.1 Å². The fourth-order valence-corrected chi connectivity index (χ4v) is 1.22. The predicted octanol–water partition coefficient (Wildman–Crippen LogP) is 1.34. The molecule has 1 aliphatic rings. The van der Waals surface area contributed by atoms with E-state index in [1.807, 2.05) is 12.1 Å². The highest BCUT2D eigenvalue weighted by molar-refractivity contribution is 5.20. The third kappa shape index (κ3) is 2.42. The molecular formula is C10H14N2O. The Hall–Kier alpha value is -1.09. The predicted molar refractivity (Wildman–Crippen MR) is 50.7 cm³/mol. The maximum Gasteiger partial charge on any atom is 0.213 e. The molecule has 1 aliphatic carbocycles. The lowest BCUT2D eigenvalue weighted by atomic mass is 10.2. The Balaban J connectivity index is 1.93. The summed E-state index contributed by atoms with van der Waals surface area (Å²) in [4.78, 5) is 4.05. The minimum atomic E-state index is 0.690. The zero-order valence-corrected chi connectivity index (χ0v) is 7.79. The number of nitrogens with one attached hydrogen (secondary N) is 1. The van der Waals surface area contributed by atoms with Crippen LogP contribution in [0, 0.1) is 0 Å². The van der Waals surface area contributed by atoms with Crippen LogP contribution in [0.3, 0.4) is 0 Å². The van der Waals surface area contributed by atoms with Crippen molar-refractivity contribution in [2.45, 2.75) is 25.4 Å². The van der Waals surface area contributed by atoms with Crippen molar-refractivity contribution in [2.75, 3.05) is 7.11 Å². The largest absolute Gasteiger partial charge is 0.481 e. The van der Waals surface area contributed by atoms with Gasteiger partial charge in [0.15, 0.2) is 0 Å². The van der Waals surface area contributed by atoms with Gasteiger partial charge in [0.05, 0.1) is 7.11 Å². The lowest BCUT2D eigenvalue weighted by Gasteiger charge is -2.04. The van der Waals surface area contributed by atoms with Crippen LogP contribution in [0.1, 0.15) is 18.4 Å². The van der Waals surface area contributed by atoms with Gasteiger partial charge in [0.25, 0.3) is 0 Å². The summed E-state index contributed by atoms with van der Waals surface area (Å²) in [7, 11) is 1.64.